The van der Waals surface area contributed by atoms with Gasteiger partial charge in [0.2, 0.25) is 0 Å². The number of hydrogen-bond donors (Lipinski definition) is 0. The van der Waals surface area contributed by atoms with Crippen LogP contribution in [-0.2, 0) is 0 Å². The van der Waals surface area contributed by atoms with Crippen molar-refractivity contribution in [1.29, 1.82) is 0 Å². The van der Waals surface area contributed by atoms with Gasteiger partial charge in [0.1, 0.15) is 11.9 Å². The van der Waals surface area contributed by atoms with Crippen molar-refractivity contribution in [2.75, 3.05) is 0 Å². The zero-order valence-electron chi connectivity index (χ0n) is 11.4. The number of benzene rings is 2. The van der Waals surface area contributed by atoms with Crippen molar-refractivity contribution in [2.24, 2.45) is 4.99 Å². The Morgan fingerprint density at radius 2 is 1.86 bits per heavy atom. The van der Waals surface area contributed by atoms with Crippen LogP contribution in [0.25, 0.3) is 11.4 Å². The minimum absolute atomic E-state index is 0.0320. The molecule has 22 heavy (non-hydrogen) atoms. The van der Waals surface area contributed by atoms with Gasteiger partial charge in [0.25, 0.3) is 0 Å². The number of hydrogen-bond acceptors (Lipinski definition) is 4. The fourth-order valence-corrected chi connectivity index (χ4v) is 3.45. The summed E-state index contributed by atoms with van der Waals surface area (Å²) in [5.41, 5.74) is 3.38. The van der Waals surface area contributed by atoms with Gasteiger partial charge in [-0.25, -0.2) is 9.07 Å². The molecule has 0 bridgehead atoms. The Bertz CT molecular complexity index is 930. The van der Waals surface area contributed by atoms with Crippen LogP contribution in [0, 0.1) is 5.82 Å². The van der Waals surface area contributed by atoms with Gasteiger partial charge in [-0.1, -0.05) is 30.3 Å². The van der Waals surface area contributed by atoms with Crippen LogP contribution in [0.15, 0.2) is 47.5 Å². The third kappa shape index (κ3) is 1.36. The highest BCUT2D eigenvalue weighted by Gasteiger charge is 2.39. The molecule has 2 aliphatic heterocycles. The van der Waals surface area contributed by atoms with E-state index in [-0.39, 0.29) is 17.8 Å². The molecular formula is C16H10FN5. The fourth-order valence-electron chi connectivity index (χ4n) is 3.45. The number of aliphatic imine (C=N–C) groups is 1. The first-order chi connectivity index (χ1) is 10.8. The van der Waals surface area contributed by atoms with Crippen LogP contribution >= 0.6 is 0 Å². The lowest BCUT2D eigenvalue weighted by molar-refractivity contribution is 0.489. The second-order valence-corrected chi connectivity index (χ2v) is 5.46. The first-order valence-corrected chi connectivity index (χ1v) is 7.04. The molecule has 3 heterocycles. The van der Waals surface area contributed by atoms with Crippen LogP contribution in [0.1, 0.15) is 23.1 Å². The maximum Gasteiger partial charge on any atom is 0.185 e. The lowest BCUT2D eigenvalue weighted by Crippen LogP contribution is -2.29. The Kier molecular flexibility index (Phi) is 2.17. The van der Waals surface area contributed by atoms with Gasteiger partial charge < -0.3 is 0 Å². The van der Waals surface area contributed by atoms with Crippen LogP contribution in [0.5, 0.6) is 0 Å². The molecule has 0 fully saturated rings. The number of rotatable bonds is 0. The summed E-state index contributed by atoms with van der Waals surface area (Å²) in [5, 5.41) is 11.8. The van der Waals surface area contributed by atoms with Gasteiger partial charge in [-0.15, -0.1) is 5.10 Å². The van der Waals surface area contributed by atoms with Gasteiger partial charge in [0.05, 0.1) is 11.3 Å². The van der Waals surface area contributed by atoms with Crippen molar-refractivity contribution >= 4 is 11.9 Å². The van der Waals surface area contributed by atoms with Crippen molar-refractivity contribution in [3.05, 3.63) is 59.4 Å². The fraction of sp³-hybridized carbons (Fsp3) is 0.125. The lowest BCUT2D eigenvalue weighted by atomic mass is 9.78. The molecule has 2 aliphatic rings. The van der Waals surface area contributed by atoms with Gasteiger partial charge in [0.15, 0.2) is 5.82 Å². The van der Waals surface area contributed by atoms with E-state index >= 15 is 0 Å². The van der Waals surface area contributed by atoms with E-state index < -0.39 is 0 Å². The van der Waals surface area contributed by atoms with E-state index in [0.717, 1.165) is 16.8 Å². The normalized spacial score (nSPS) is 20.8. The molecule has 0 saturated heterocycles. The predicted molar refractivity (Wildman–Crippen MR) is 78.7 cm³/mol. The van der Waals surface area contributed by atoms with E-state index in [2.05, 4.69) is 20.5 Å². The monoisotopic (exact) mass is 291 g/mol. The zero-order valence-corrected chi connectivity index (χ0v) is 11.4. The standard InChI is InChI=1S/C16H10FN5/c17-11-6-3-5-10-14-9-4-1-2-7-12(9)18-8-13(14)22-16(15(10)11)19-20-21-22/h1-8,13-14H. The number of para-hydroxylation sites is 1. The number of fused-ring (bicyclic) bond motifs is 8. The summed E-state index contributed by atoms with van der Waals surface area (Å²) in [6.45, 7) is 0. The molecule has 5 rings (SSSR count). The van der Waals surface area contributed by atoms with Crippen molar-refractivity contribution in [3.8, 4) is 11.4 Å². The van der Waals surface area contributed by atoms with Crippen LogP contribution in [0.3, 0.4) is 0 Å². The van der Waals surface area contributed by atoms with E-state index in [0.29, 0.717) is 11.4 Å². The molecule has 1 aromatic heterocycles. The van der Waals surface area contributed by atoms with Crippen LogP contribution < -0.4 is 0 Å². The van der Waals surface area contributed by atoms with E-state index in [1.54, 1.807) is 10.7 Å². The highest BCUT2D eigenvalue weighted by atomic mass is 19.1. The molecule has 6 heteroatoms. The molecule has 0 aliphatic carbocycles. The summed E-state index contributed by atoms with van der Waals surface area (Å²) in [6.07, 6.45) is 1.85. The number of tetrazole rings is 1. The van der Waals surface area contributed by atoms with E-state index in [9.17, 15) is 4.39 Å². The summed E-state index contributed by atoms with van der Waals surface area (Å²) < 4.78 is 16.1. The molecule has 5 nitrogen and oxygen atoms in total. The Labute approximate surface area is 125 Å². The largest absolute Gasteiger partial charge is 0.259 e. The topological polar surface area (TPSA) is 56.0 Å². The van der Waals surface area contributed by atoms with Gasteiger partial charge in [-0.05, 0) is 33.7 Å². The van der Waals surface area contributed by atoms with E-state index in [4.69, 9.17) is 0 Å². The summed E-state index contributed by atoms with van der Waals surface area (Å²) in [5.74, 6) is 0.127. The van der Waals surface area contributed by atoms with Crippen molar-refractivity contribution < 1.29 is 4.39 Å². The number of nitrogens with zero attached hydrogens (tertiary/aromatic N) is 5. The lowest BCUT2D eigenvalue weighted by Gasteiger charge is -2.34. The quantitative estimate of drug-likeness (QED) is 0.640. The minimum atomic E-state index is -0.299. The maximum atomic E-state index is 14.4. The molecule has 0 spiro atoms. The van der Waals surface area contributed by atoms with Crippen molar-refractivity contribution in [3.63, 3.8) is 0 Å². The maximum absolute atomic E-state index is 14.4. The zero-order chi connectivity index (χ0) is 14.7. The smallest absolute Gasteiger partial charge is 0.185 e. The summed E-state index contributed by atoms with van der Waals surface area (Å²) in [4.78, 5) is 4.52. The highest BCUT2D eigenvalue weighted by molar-refractivity contribution is 5.80. The molecule has 2 atom stereocenters. The minimum Gasteiger partial charge on any atom is -0.259 e. The Morgan fingerprint density at radius 1 is 1.00 bits per heavy atom. The molecule has 106 valence electrons. The van der Waals surface area contributed by atoms with Gasteiger partial charge >= 0.3 is 0 Å². The second kappa shape index (κ2) is 4.07. The SMILES string of the molecule is Fc1cccc2c1-c1nnnn1C1C=Nc3ccccc3C21. The third-order valence-electron chi connectivity index (χ3n) is 4.36. The molecular weight excluding hydrogens is 281 g/mol. The summed E-state index contributed by atoms with van der Waals surface area (Å²) >= 11 is 0. The molecule has 0 saturated carbocycles. The third-order valence-corrected chi connectivity index (χ3v) is 4.36. The average Bonchev–Trinajstić information content (AvgIpc) is 3.04. The highest BCUT2D eigenvalue weighted by Crippen LogP contribution is 2.49. The number of aromatic nitrogens is 4. The van der Waals surface area contributed by atoms with E-state index in [1.165, 1.54) is 6.07 Å². The Balaban J connectivity index is 1.88. The van der Waals surface area contributed by atoms with Crippen molar-refractivity contribution in [2.45, 2.75) is 12.0 Å². The van der Waals surface area contributed by atoms with Crippen LogP contribution in [-0.4, -0.2) is 26.4 Å². The summed E-state index contributed by atoms with van der Waals surface area (Å²) in [6, 6.07) is 12.9. The van der Waals surface area contributed by atoms with Crippen LogP contribution in [0.2, 0.25) is 0 Å². The molecule has 2 unspecified atom stereocenters. The Hall–Kier alpha value is -2.89. The van der Waals surface area contributed by atoms with Gasteiger partial charge in [-0.2, -0.15) is 0 Å². The summed E-state index contributed by atoms with van der Waals surface area (Å²) in [7, 11) is 0. The van der Waals surface area contributed by atoms with E-state index in [1.807, 2.05) is 36.5 Å². The van der Waals surface area contributed by atoms with Crippen molar-refractivity contribution in [1.82, 2.24) is 20.2 Å². The molecule has 0 amide bonds. The first-order valence-electron chi connectivity index (χ1n) is 7.04. The molecule has 0 radical (unpaired) electrons. The average molecular weight is 291 g/mol. The second-order valence-electron chi connectivity index (χ2n) is 5.46. The predicted octanol–water partition coefficient (Wildman–Crippen LogP) is 2.88. The van der Waals surface area contributed by atoms with Gasteiger partial charge in [0, 0.05) is 12.1 Å². The molecule has 2 aromatic carbocycles. The van der Waals surface area contributed by atoms with Crippen LogP contribution in [0.4, 0.5) is 10.1 Å². The number of halogens is 1. The molecule has 0 N–H and O–H groups in total. The van der Waals surface area contributed by atoms with Gasteiger partial charge in [-0.3, -0.25) is 4.99 Å². The molecule has 3 aromatic rings. The Morgan fingerprint density at radius 3 is 2.82 bits per heavy atom. The first kappa shape index (κ1) is 11.7.